The van der Waals surface area contributed by atoms with Crippen molar-refractivity contribution in [3.8, 4) is 12.3 Å². The second-order valence-electron chi connectivity index (χ2n) is 4.45. The zero-order valence-electron chi connectivity index (χ0n) is 13.0. The molecule has 0 bridgehead atoms. The SMILES string of the molecule is C#CCNC(=NCCc1ccc(NC(C)=O)cc1)NCC.I. The lowest BCUT2D eigenvalue weighted by Gasteiger charge is -2.09. The summed E-state index contributed by atoms with van der Waals surface area (Å²) in [6.45, 7) is 5.42. The van der Waals surface area contributed by atoms with Crippen LogP contribution in [0.25, 0.3) is 0 Å². The number of benzene rings is 1. The molecule has 0 aliphatic heterocycles. The maximum Gasteiger partial charge on any atom is 0.221 e. The van der Waals surface area contributed by atoms with Gasteiger partial charge in [0.05, 0.1) is 6.54 Å². The average Bonchev–Trinajstić information content (AvgIpc) is 2.46. The van der Waals surface area contributed by atoms with Gasteiger partial charge in [-0.1, -0.05) is 18.1 Å². The van der Waals surface area contributed by atoms with Crippen molar-refractivity contribution in [1.82, 2.24) is 10.6 Å². The van der Waals surface area contributed by atoms with Gasteiger partial charge in [-0.05, 0) is 31.0 Å². The molecule has 0 fully saturated rings. The Labute approximate surface area is 149 Å². The first-order valence-corrected chi connectivity index (χ1v) is 6.98. The number of hydrogen-bond donors (Lipinski definition) is 3. The summed E-state index contributed by atoms with van der Waals surface area (Å²) >= 11 is 0. The van der Waals surface area contributed by atoms with Gasteiger partial charge in [-0.15, -0.1) is 30.4 Å². The maximum absolute atomic E-state index is 10.9. The van der Waals surface area contributed by atoms with Crippen molar-refractivity contribution in [2.45, 2.75) is 20.3 Å². The van der Waals surface area contributed by atoms with Gasteiger partial charge in [0.2, 0.25) is 5.91 Å². The van der Waals surface area contributed by atoms with Crippen LogP contribution in [0.5, 0.6) is 0 Å². The molecular weight excluding hydrogens is 391 g/mol. The standard InChI is InChI=1S/C16H22N4O.HI/c1-4-11-18-16(17-5-2)19-12-10-14-6-8-15(9-7-14)20-13(3)21;/h1,6-9H,5,10-12H2,2-3H3,(H,20,21)(H2,17,18,19);1H. The largest absolute Gasteiger partial charge is 0.357 e. The fourth-order valence-electron chi connectivity index (χ4n) is 1.73. The molecule has 0 atom stereocenters. The van der Waals surface area contributed by atoms with Gasteiger partial charge in [-0.25, -0.2) is 0 Å². The molecule has 6 heteroatoms. The van der Waals surface area contributed by atoms with E-state index in [2.05, 4.69) is 26.9 Å². The number of carbonyl (C=O) groups excluding carboxylic acids is 1. The van der Waals surface area contributed by atoms with E-state index in [1.54, 1.807) is 0 Å². The Kier molecular flexibility index (Phi) is 10.9. The van der Waals surface area contributed by atoms with Gasteiger partial charge >= 0.3 is 0 Å². The molecule has 22 heavy (non-hydrogen) atoms. The number of guanidine groups is 1. The van der Waals surface area contributed by atoms with Crippen molar-refractivity contribution < 1.29 is 4.79 Å². The van der Waals surface area contributed by atoms with Gasteiger partial charge in [0.1, 0.15) is 0 Å². The van der Waals surface area contributed by atoms with E-state index in [1.807, 2.05) is 31.2 Å². The molecule has 0 radical (unpaired) electrons. The van der Waals surface area contributed by atoms with Crippen LogP contribution in [0.4, 0.5) is 5.69 Å². The monoisotopic (exact) mass is 414 g/mol. The number of halogens is 1. The minimum absolute atomic E-state index is 0. The van der Waals surface area contributed by atoms with Crippen LogP contribution in [0, 0.1) is 12.3 Å². The number of nitrogens with one attached hydrogen (secondary N) is 3. The van der Waals surface area contributed by atoms with Crippen LogP contribution >= 0.6 is 24.0 Å². The molecule has 0 aromatic heterocycles. The van der Waals surface area contributed by atoms with Crippen LogP contribution in [0.2, 0.25) is 0 Å². The second-order valence-corrected chi connectivity index (χ2v) is 4.45. The smallest absolute Gasteiger partial charge is 0.221 e. The first-order chi connectivity index (χ1) is 10.2. The molecule has 0 heterocycles. The Balaban J connectivity index is 0.00000441. The molecule has 3 N–H and O–H groups in total. The summed E-state index contributed by atoms with van der Waals surface area (Å²) in [6, 6.07) is 7.76. The van der Waals surface area contributed by atoms with Crippen LogP contribution in [0.3, 0.4) is 0 Å². The van der Waals surface area contributed by atoms with E-state index in [1.165, 1.54) is 12.5 Å². The van der Waals surface area contributed by atoms with Crippen LogP contribution in [-0.2, 0) is 11.2 Å². The number of rotatable bonds is 6. The molecule has 0 unspecified atom stereocenters. The molecule has 0 saturated heterocycles. The summed E-state index contributed by atoms with van der Waals surface area (Å²) in [6.07, 6.45) is 6.04. The minimum atomic E-state index is -0.0674. The first kappa shape index (κ1) is 20.2. The third kappa shape index (κ3) is 8.52. The van der Waals surface area contributed by atoms with Gasteiger partial charge in [0.15, 0.2) is 5.96 Å². The Hall–Kier alpha value is -1.75. The van der Waals surface area contributed by atoms with Gasteiger partial charge in [-0.3, -0.25) is 9.79 Å². The van der Waals surface area contributed by atoms with Crippen molar-refractivity contribution in [1.29, 1.82) is 0 Å². The highest BCUT2D eigenvalue weighted by atomic mass is 127. The van der Waals surface area contributed by atoms with Crippen molar-refractivity contribution >= 4 is 41.5 Å². The Bertz CT molecular complexity index is 520. The number of terminal acetylenes is 1. The normalized spacial score (nSPS) is 10.1. The molecule has 1 rings (SSSR count). The topological polar surface area (TPSA) is 65.5 Å². The lowest BCUT2D eigenvalue weighted by atomic mass is 10.1. The molecule has 1 aromatic carbocycles. The summed E-state index contributed by atoms with van der Waals surface area (Å²) < 4.78 is 0. The van der Waals surface area contributed by atoms with E-state index >= 15 is 0 Å². The maximum atomic E-state index is 10.9. The molecule has 1 aromatic rings. The van der Waals surface area contributed by atoms with Crippen molar-refractivity contribution in [3.05, 3.63) is 29.8 Å². The molecular formula is C16H23IN4O. The highest BCUT2D eigenvalue weighted by Gasteiger charge is 1.98. The van der Waals surface area contributed by atoms with E-state index in [0.717, 1.165) is 24.6 Å². The molecule has 0 aliphatic carbocycles. The highest BCUT2D eigenvalue weighted by molar-refractivity contribution is 14.0. The number of hydrogen-bond acceptors (Lipinski definition) is 2. The lowest BCUT2D eigenvalue weighted by Crippen LogP contribution is -2.37. The van der Waals surface area contributed by atoms with Crippen molar-refractivity contribution in [2.75, 3.05) is 25.0 Å². The third-order valence-corrected chi connectivity index (χ3v) is 2.65. The van der Waals surface area contributed by atoms with Gasteiger partial charge in [0, 0.05) is 25.7 Å². The van der Waals surface area contributed by atoms with Crippen LogP contribution in [0.15, 0.2) is 29.3 Å². The number of carbonyl (C=O) groups is 1. The Morgan fingerprint density at radius 3 is 2.50 bits per heavy atom. The average molecular weight is 414 g/mol. The molecule has 5 nitrogen and oxygen atoms in total. The number of amides is 1. The van der Waals surface area contributed by atoms with Crippen LogP contribution in [0.1, 0.15) is 19.4 Å². The van der Waals surface area contributed by atoms with E-state index in [4.69, 9.17) is 6.42 Å². The lowest BCUT2D eigenvalue weighted by molar-refractivity contribution is -0.114. The Morgan fingerprint density at radius 1 is 1.27 bits per heavy atom. The predicted molar refractivity (Wildman–Crippen MR) is 103 cm³/mol. The number of aliphatic imine (C=N–C) groups is 1. The number of anilines is 1. The summed E-state index contributed by atoms with van der Waals surface area (Å²) in [5, 5.41) is 8.91. The van der Waals surface area contributed by atoms with E-state index in [9.17, 15) is 4.79 Å². The third-order valence-electron chi connectivity index (χ3n) is 2.65. The number of nitrogens with zero attached hydrogens (tertiary/aromatic N) is 1. The molecule has 0 saturated carbocycles. The van der Waals surface area contributed by atoms with E-state index in [0.29, 0.717) is 13.1 Å². The van der Waals surface area contributed by atoms with E-state index in [-0.39, 0.29) is 29.9 Å². The van der Waals surface area contributed by atoms with Gasteiger partial charge in [0.25, 0.3) is 0 Å². The highest BCUT2D eigenvalue weighted by Crippen LogP contribution is 2.09. The summed E-state index contributed by atoms with van der Waals surface area (Å²) in [5.74, 6) is 3.18. The van der Waals surface area contributed by atoms with Crippen LogP contribution in [-0.4, -0.2) is 31.5 Å². The van der Waals surface area contributed by atoms with Crippen LogP contribution < -0.4 is 16.0 Å². The van der Waals surface area contributed by atoms with Gasteiger partial charge < -0.3 is 16.0 Å². The van der Waals surface area contributed by atoms with E-state index < -0.39 is 0 Å². The first-order valence-electron chi connectivity index (χ1n) is 6.98. The second kappa shape index (κ2) is 11.9. The van der Waals surface area contributed by atoms with Gasteiger partial charge in [-0.2, -0.15) is 0 Å². The predicted octanol–water partition coefficient (Wildman–Crippen LogP) is 1.99. The summed E-state index contributed by atoms with van der Waals surface area (Å²) in [7, 11) is 0. The fraction of sp³-hybridized carbons (Fsp3) is 0.375. The fourth-order valence-corrected chi connectivity index (χ4v) is 1.73. The quantitative estimate of drug-likeness (QED) is 0.289. The zero-order valence-corrected chi connectivity index (χ0v) is 15.3. The Morgan fingerprint density at radius 2 is 1.95 bits per heavy atom. The molecule has 120 valence electrons. The van der Waals surface area contributed by atoms with Crippen molar-refractivity contribution in [2.24, 2.45) is 4.99 Å². The molecule has 1 amide bonds. The summed E-state index contributed by atoms with van der Waals surface area (Å²) in [4.78, 5) is 15.4. The summed E-state index contributed by atoms with van der Waals surface area (Å²) in [5.41, 5.74) is 1.97. The molecule has 0 aliphatic rings. The molecule has 0 spiro atoms. The zero-order chi connectivity index (χ0) is 15.5. The van der Waals surface area contributed by atoms with Crippen molar-refractivity contribution in [3.63, 3.8) is 0 Å². The minimum Gasteiger partial charge on any atom is -0.357 e.